The van der Waals surface area contributed by atoms with Crippen LogP contribution in [0.5, 0.6) is 0 Å². The van der Waals surface area contributed by atoms with Crippen LogP contribution in [0.1, 0.15) is 39.0 Å². The lowest BCUT2D eigenvalue weighted by Gasteiger charge is -2.29. The van der Waals surface area contributed by atoms with Gasteiger partial charge in [0.2, 0.25) is 0 Å². The number of carbonyl (C=O) groups excluding carboxylic acids is 2. The lowest BCUT2D eigenvalue weighted by Crippen LogP contribution is -2.41. The molecule has 1 fully saturated rings. The molecule has 0 atom stereocenters. The number of nitrogens with one attached hydrogen (secondary N) is 1. The molecule has 1 aliphatic heterocycles. The van der Waals surface area contributed by atoms with E-state index in [1.54, 1.807) is 17.5 Å². The molecule has 1 aromatic rings. The van der Waals surface area contributed by atoms with Gasteiger partial charge in [-0.2, -0.15) is 4.31 Å². The summed E-state index contributed by atoms with van der Waals surface area (Å²) in [7, 11) is -3.47. The van der Waals surface area contributed by atoms with Gasteiger partial charge in [0.15, 0.2) is 6.61 Å². The van der Waals surface area contributed by atoms with E-state index in [9.17, 15) is 18.0 Å². The number of nitrogens with zero attached hydrogens (tertiary/aromatic N) is 1. The molecule has 1 saturated heterocycles. The Bertz CT molecular complexity index is 680. The number of sulfonamides is 1. The van der Waals surface area contributed by atoms with Crippen LogP contribution in [0.15, 0.2) is 21.7 Å². The summed E-state index contributed by atoms with van der Waals surface area (Å²) in [6, 6.07) is 3.29. The molecule has 26 heavy (non-hydrogen) atoms. The van der Waals surface area contributed by atoms with Gasteiger partial charge in [-0.25, -0.2) is 8.42 Å². The lowest BCUT2D eigenvalue weighted by molar-refractivity contribution is -0.153. The Kier molecular flexibility index (Phi) is 8.05. The molecule has 9 heteroatoms. The highest BCUT2D eigenvalue weighted by atomic mass is 32.2. The molecular formula is C17H26N2O5S2. The van der Waals surface area contributed by atoms with Crippen LogP contribution in [0.4, 0.5) is 0 Å². The van der Waals surface area contributed by atoms with Crippen molar-refractivity contribution in [2.45, 2.75) is 43.2 Å². The number of amides is 1. The Balaban J connectivity index is 1.72. The first-order valence-electron chi connectivity index (χ1n) is 8.92. The van der Waals surface area contributed by atoms with E-state index in [0.29, 0.717) is 23.6 Å². The Morgan fingerprint density at radius 1 is 1.31 bits per heavy atom. The van der Waals surface area contributed by atoms with Crippen LogP contribution < -0.4 is 5.32 Å². The highest BCUT2D eigenvalue weighted by Gasteiger charge is 2.33. The predicted octanol–water partition coefficient (Wildman–Crippen LogP) is 2.00. The predicted molar refractivity (Wildman–Crippen MR) is 99.3 cm³/mol. The zero-order chi connectivity index (χ0) is 19.0. The molecule has 0 aromatic carbocycles. The minimum absolute atomic E-state index is 0.279. The van der Waals surface area contributed by atoms with E-state index in [4.69, 9.17) is 4.74 Å². The molecule has 2 rings (SSSR count). The summed E-state index contributed by atoms with van der Waals surface area (Å²) >= 11 is 1.19. The molecule has 7 nitrogen and oxygen atoms in total. The van der Waals surface area contributed by atoms with Crippen molar-refractivity contribution in [3.05, 3.63) is 17.5 Å². The topological polar surface area (TPSA) is 92.8 Å². The number of piperidine rings is 1. The van der Waals surface area contributed by atoms with Crippen molar-refractivity contribution in [1.29, 1.82) is 0 Å². The molecule has 0 bridgehead atoms. The Morgan fingerprint density at radius 3 is 2.65 bits per heavy atom. The first-order chi connectivity index (χ1) is 12.4. The smallest absolute Gasteiger partial charge is 0.309 e. The van der Waals surface area contributed by atoms with E-state index in [2.05, 4.69) is 12.2 Å². The normalized spacial score (nSPS) is 16.3. The highest BCUT2D eigenvalue weighted by Crippen LogP contribution is 2.26. The molecule has 1 aliphatic rings. The summed E-state index contributed by atoms with van der Waals surface area (Å²) in [6.45, 7) is 2.95. The molecule has 0 aliphatic carbocycles. The van der Waals surface area contributed by atoms with Gasteiger partial charge in [-0.1, -0.05) is 25.8 Å². The number of carbonyl (C=O) groups is 2. The quantitative estimate of drug-likeness (QED) is 0.504. The first-order valence-corrected chi connectivity index (χ1v) is 11.2. The SMILES string of the molecule is CCCCCNC(=O)COC(=O)C1CCN(S(=O)(=O)c2cccs2)CC1. The van der Waals surface area contributed by atoms with E-state index in [1.807, 2.05) is 0 Å². The zero-order valence-corrected chi connectivity index (χ0v) is 16.6. The van der Waals surface area contributed by atoms with E-state index >= 15 is 0 Å². The second-order valence-corrected chi connectivity index (χ2v) is 9.39. The van der Waals surface area contributed by atoms with Gasteiger partial charge in [-0.3, -0.25) is 9.59 Å². The fraction of sp³-hybridized carbons (Fsp3) is 0.647. The largest absolute Gasteiger partial charge is 0.455 e. The van der Waals surface area contributed by atoms with Crippen LogP contribution in [-0.4, -0.2) is 50.8 Å². The van der Waals surface area contributed by atoms with Gasteiger partial charge < -0.3 is 10.1 Å². The molecule has 146 valence electrons. The molecule has 0 saturated carbocycles. The van der Waals surface area contributed by atoms with Crippen LogP contribution >= 0.6 is 11.3 Å². The second-order valence-electron chi connectivity index (χ2n) is 6.28. The summed E-state index contributed by atoms with van der Waals surface area (Å²) in [5.74, 6) is -1.09. The van der Waals surface area contributed by atoms with Crippen molar-refractivity contribution in [3.8, 4) is 0 Å². The molecule has 1 N–H and O–H groups in total. The lowest BCUT2D eigenvalue weighted by atomic mass is 9.98. The number of thiophene rings is 1. The van der Waals surface area contributed by atoms with Crippen molar-refractivity contribution in [3.63, 3.8) is 0 Å². The van der Waals surface area contributed by atoms with Crippen molar-refractivity contribution < 1.29 is 22.7 Å². The average Bonchev–Trinajstić information content (AvgIpc) is 3.19. The number of unbranched alkanes of at least 4 members (excludes halogenated alkanes) is 2. The minimum atomic E-state index is -3.47. The highest BCUT2D eigenvalue weighted by molar-refractivity contribution is 7.91. The van der Waals surface area contributed by atoms with Crippen molar-refractivity contribution in [1.82, 2.24) is 9.62 Å². The van der Waals surface area contributed by atoms with Gasteiger partial charge in [0.25, 0.3) is 15.9 Å². The Morgan fingerprint density at radius 2 is 2.04 bits per heavy atom. The van der Waals surface area contributed by atoms with Gasteiger partial charge in [-0.15, -0.1) is 11.3 Å². The summed E-state index contributed by atoms with van der Waals surface area (Å²) < 4.78 is 31.7. The van der Waals surface area contributed by atoms with Gasteiger partial charge in [0.05, 0.1) is 5.92 Å². The standard InChI is InChI=1S/C17H26N2O5S2/c1-2-3-4-9-18-15(20)13-24-17(21)14-7-10-19(11-8-14)26(22,23)16-6-5-12-25-16/h5-6,12,14H,2-4,7-11,13H2,1H3,(H,18,20). The molecule has 0 unspecified atom stereocenters. The maximum absolute atomic E-state index is 12.5. The van der Waals surface area contributed by atoms with E-state index in [1.165, 1.54) is 15.6 Å². The van der Waals surface area contributed by atoms with E-state index < -0.39 is 16.0 Å². The maximum atomic E-state index is 12.5. The summed E-state index contributed by atoms with van der Waals surface area (Å²) in [6.07, 6.45) is 3.84. The van der Waals surface area contributed by atoms with Crippen LogP contribution in [0.2, 0.25) is 0 Å². The molecule has 2 heterocycles. The third-order valence-electron chi connectivity index (χ3n) is 4.32. The zero-order valence-electron chi connectivity index (χ0n) is 15.0. The second kappa shape index (κ2) is 10.0. The third kappa shape index (κ3) is 5.78. The van der Waals surface area contributed by atoms with Gasteiger partial charge >= 0.3 is 5.97 Å². The monoisotopic (exact) mass is 402 g/mol. The van der Waals surface area contributed by atoms with E-state index in [0.717, 1.165) is 19.3 Å². The fourth-order valence-corrected chi connectivity index (χ4v) is 5.39. The number of ether oxygens (including phenoxy) is 1. The van der Waals surface area contributed by atoms with Crippen LogP contribution in [-0.2, 0) is 24.3 Å². The van der Waals surface area contributed by atoms with Crippen molar-refractivity contribution in [2.24, 2.45) is 5.92 Å². The molecule has 0 spiro atoms. The molecule has 1 amide bonds. The molecule has 1 aromatic heterocycles. The Hall–Kier alpha value is -1.45. The first kappa shape index (κ1) is 20.9. The number of esters is 1. The summed E-state index contributed by atoms with van der Waals surface area (Å²) in [5.41, 5.74) is 0. The third-order valence-corrected chi connectivity index (χ3v) is 7.60. The maximum Gasteiger partial charge on any atom is 0.309 e. The fourth-order valence-electron chi connectivity index (χ4n) is 2.78. The molecule has 0 radical (unpaired) electrons. The van der Waals surface area contributed by atoms with Crippen LogP contribution in [0.25, 0.3) is 0 Å². The number of hydrogen-bond acceptors (Lipinski definition) is 6. The molecular weight excluding hydrogens is 376 g/mol. The Labute approximate surface area is 158 Å². The summed E-state index contributed by atoms with van der Waals surface area (Å²) in [5, 5.41) is 4.44. The average molecular weight is 403 g/mol. The van der Waals surface area contributed by atoms with Gasteiger partial charge in [0, 0.05) is 19.6 Å². The van der Waals surface area contributed by atoms with Crippen LogP contribution in [0.3, 0.4) is 0 Å². The van der Waals surface area contributed by atoms with Crippen LogP contribution in [0, 0.1) is 5.92 Å². The van der Waals surface area contributed by atoms with Crippen molar-refractivity contribution >= 4 is 33.2 Å². The van der Waals surface area contributed by atoms with Gasteiger partial charge in [-0.05, 0) is 30.7 Å². The number of hydrogen-bond donors (Lipinski definition) is 1. The number of rotatable bonds is 9. The van der Waals surface area contributed by atoms with Gasteiger partial charge in [0.1, 0.15) is 4.21 Å². The van der Waals surface area contributed by atoms with E-state index in [-0.39, 0.29) is 31.5 Å². The minimum Gasteiger partial charge on any atom is -0.455 e. The van der Waals surface area contributed by atoms with Crippen molar-refractivity contribution in [2.75, 3.05) is 26.2 Å². The summed E-state index contributed by atoms with van der Waals surface area (Å²) in [4.78, 5) is 23.7.